The monoisotopic (exact) mass is 493 g/mol. The quantitative estimate of drug-likeness (QED) is 0.280. The zero-order valence-electron chi connectivity index (χ0n) is 18.8. The summed E-state index contributed by atoms with van der Waals surface area (Å²) in [5, 5.41) is 9.51. The van der Waals surface area contributed by atoms with Gasteiger partial charge in [0.1, 0.15) is 11.5 Å². The standard InChI is InChI=1S/C24H29F6NO3/c1-2-11-22(31,16-32)12-10-18-8-9-21(20(15-18)23(25,26)27)33-13-4-6-17-5-3-7-19(14-17)34-24(28,29)30/h3,5,7-9,14-15,32H,2,4,6,10-13,16,31H2,1H3. The minimum Gasteiger partial charge on any atom is -0.493 e. The van der Waals surface area contributed by atoms with E-state index in [4.69, 9.17) is 10.5 Å². The molecule has 0 aliphatic rings. The van der Waals surface area contributed by atoms with Crippen LogP contribution in [0.25, 0.3) is 0 Å². The van der Waals surface area contributed by atoms with Gasteiger partial charge in [0.05, 0.1) is 18.8 Å². The van der Waals surface area contributed by atoms with Crippen molar-refractivity contribution in [2.75, 3.05) is 13.2 Å². The van der Waals surface area contributed by atoms with Gasteiger partial charge in [-0.3, -0.25) is 0 Å². The van der Waals surface area contributed by atoms with Crippen LogP contribution >= 0.6 is 0 Å². The Morgan fingerprint density at radius 2 is 1.62 bits per heavy atom. The van der Waals surface area contributed by atoms with Gasteiger partial charge in [-0.15, -0.1) is 13.2 Å². The van der Waals surface area contributed by atoms with Gasteiger partial charge in [-0.1, -0.05) is 31.5 Å². The van der Waals surface area contributed by atoms with E-state index in [0.29, 0.717) is 30.4 Å². The van der Waals surface area contributed by atoms with Gasteiger partial charge in [-0.05, 0) is 67.5 Å². The summed E-state index contributed by atoms with van der Waals surface area (Å²) in [6.07, 6.45) is -6.93. The van der Waals surface area contributed by atoms with E-state index in [-0.39, 0.29) is 37.6 Å². The third-order valence-electron chi connectivity index (χ3n) is 5.32. The molecule has 0 bridgehead atoms. The fraction of sp³-hybridized carbons (Fsp3) is 0.500. The van der Waals surface area contributed by atoms with Gasteiger partial charge in [0.2, 0.25) is 0 Å². The van der Waals surface area contributed by atoms with Crippen LogP contribution in [-0.2, 0) is 19.0 Å². The van der Waals surface area contributed by atoms with Crippen LogP contribution in [0.1, 0.15) is 49.3 Å². The van der Waals surface area contributed by atoms with Crippen molar-refractivity contribution in [1.29, 1.82) is 0 Å². The molecule has 0 spiro atoms. The Kier molecular flexibility index (Phi) is 9.64. The maximum atomic E-state index is 13.6. The lowest BCUT2D eigenvalue weighted by Gasteiger charge is -2.27. The van der Waals surface area contributed by atoms with Crippen molar-refractivity contribution in [2.24, 2.45) is 5.73 Å². The molecule has 34 heavy (non-hydrogen) atoms. The van der Waals surface area contributed by atoms with Crippen LogP contribution < -0.4 is 15.2 Å². The van der Waals surface area contributed by atoms with E-state index in [1.165, 1.54) is 30.3 Å². The first-order chi connectivity index (χ1) is 15.8. The molecule has 0 amide bonds. The highest BCUT2D eigenvalue weighted by Crippen LogP contribution is 2.37. The van der Waals surface area contributed by atoms with Crippen molar-refractivity contribution in [2.45, 2.75) is 63.5 Å². The molecule has 1 atom stereocenters. The van der Waals surface area contributed by atoms with Crippen LogP contribution in [0.15, 0.2) is 42.5 Å². The SMILES string of the molecule is CCCC(N)(CO)CCc1ccc(OCCCc2cccc(OC(F)(F)F)c2)c(C(F)(F)F)c1. The first-order valence-corrected chi connectivity index (χ1v) is 10.9. The van der Waals surface area contributed by atoms with Crippen LogP contribution in [0, 0.1) is 0 Å². The molecular formula is C24H29F6NO3. The van der Waals surface area contributed by atoms with Crippen molar-refractivity contribution in [3.8, 4) is 11.5 Å². The second-order valence-corrected chi connectivity index (χ2v) is 8.25. The molecule has 190 valence electrons. The van der Waals surface area contributed by atoms with Gasteiger partial charge in [0, 0.05) is 5.54 Å². The molecule has 0 aliphatic heterocycles. The zero-order valence-corrected chi connectivity index (χ0v) is 18.8. The Balaban J connectivity index is 1.99. The van der Waals surface area contributed by atoms with Gasteiger partial charge < -0.3 is 20.3 Å². The molecule has 10 heteroatoms. The summed E-state index contributed by atoms with van der Waals surface area (Å²) in [6.45, 7) is 1.61. The van der Waals surface area contributed by atoms with E-state index in [1.54, 1.807) is 6.07 Å². The normalized spacial score (nSPS) is 14.0. The number of aryl methyl sites for hydroxylation is 2. The highest BCUT2D eigenvalue weighted by Gasteiger charge is 2.35. The highest BCUT2D eigenvalue weighted by atomic mass is 19.4. The van der Waals surface area contributed by atoms with E-state index in [9.17, 15) is 31.4 Å². The third kappa shape index (κ3) is 9.06. The molecule has 2 aromatic carbocycles. The average molecular weight is 493 g/mol. The van der Waals surface area contributed by atoms with Crippen LogP contribution in [0.3, 0.4) is 0 Å². The average Bonchev–Trinajstić information content (AvgIpc) is 2.74. The molecule has 2 aromatic rings. The summed E-state index contributed by atoms with van der Waals surface area (Å²) in [5.74, 6) is -0.678. The molecule has 3 N–H and O–H groups in total. The maximum Gasteiger partial charge on any atom is 0.573 e. The molecule has 2 rings (SSSR count). The van der Waals surface area contributed by atoms with Crippen LogP contribution in [0.5, 0.6) is 11.5 Å². The van der Waals surface area contributed by atoms with E-state index < -0.39 is 23.6 Å². The number of hydrogen-bond donors (Lipinski definition) is 2. The number of rotatable bonds is 12. The molecule has 4 nitrogen and oxygen atoms in total. The first-order valence-electron chi connectivity index (χ1n) is 10.9. The molecule has 0 heterocycles. The van der Waals surface area contributed by atoms with Crippen molar-refractivity contribution >= 4 is 0 Å². The smallest absolute Gasteiger partial charge is 0.493 e. The summed E-state index contributed by atoms with van der Waals surface area (Å²) >= 11 is 0. The molecule has 0 saturated heterocycles. The number of hydrogen-bond acceptors (Lipinski definition) is 4. The summed E-state index contributed by atoms with van der Waals surface area (Å²) in [5.41, 5.74) is 5.34. The molecular weight excluding hydrogens is 464 g/mol. The molecule has 0 radical (unpaired) electrons. The molecule has 0 aliphatic carbocycles. The second kappa shape index (κ2) is 11.8. The Morgan fingerprint density at radius 3 is 2.24 bits per heavy atom. The van der Waals surface area contributed by atoms with Gasteiger partial charge >= 0.3 is 12.5 Å². The predicted octanol–water partition coefficient (Wildman–Crippen LogP) is 6.04. The Hall–Kier alpha value is -2.46. The van der Waals surface area contributed by atoms with Crippen LogP contribution in [-0.4, -0.2) is 30.2 Å². The highest BCUT2D eigenvalue weighted by molar-refractivity contribution is 5.39. The van der Waals surface area contributed by atoms with Gasteiger partial charge in [0.15, 0.2) is 0 Å². The molecule has 0 aromatic heterocycles. The second-order valence-electron chi connectivity index (χ2n) is 8.25. The summed E-state index contributed by atoms with van der Waals surface area (Å²) in [4.78, 5) is 0. The zero-order chi connectivity index (χ0) is 25.4. The minimum atomic E-state index is -4.80. The first kappa shape index (κ1) is 27.8. The van der Waals surface area contributed by atoms with Gasteiger partial charge in [-0.25, -0.2) is 0 Å². The molecule has 0 fully saturated rings. The lowest BCUT2D eigenvalue weighted by molar-refractivity contribution is -0.274. The Morgan fingerprint density at radius 1 is 0.912 bits per heavy atom. The minimum absolute atomic E-state index is 0.0558. The van der Waals surface area contributed by atoms with Crippen molar-refractivity contribution in [3.63, 3.8) is 0 Å². The molecule has 0 saturated carbocycles. The van der Waals surface area contributed by atoms with Crippen LogP contribution in [0.2, 0.25) is 0 Å². The fourth-order valence-electron chi connectivity index (χ4n) is 3.61. The Bertz CT molecular complexity index is 916. The van der Waals surface area contributed by atoms with Crippen molar-refractivity contribution < 1.29 is 40.9 Å². The van der Waals surface area contributed by atoms with E-state index in [2.05, 4.69) is 4.74 Å². The summed E-state index contributed by atoms with van der Waals surface area (Å²) < 4.78 is 87.0. The van der Waals surface area contributed by atoms with E-state index in [0.717, 1.165) is 12.5 Å². The van der Waals surface area contributed by atoms with Crippen LogP contribution in [0.4, 0.5) is 26.3 Å². The van der Waals surface area contributed by atoms with Crippen molar-refractivity contribution in [1.82, 2.24) is 0 Å². The lowest BCUT2D eigenvalue weighted by Crippen LogP contribution is -2.43. The number of ether oxygens (including phenoxy) is 2. The number of alkyl halides is 6. The van der Waals surface area contributed by atoms with E-state index in [1.807, 2.05) is 6.92 Å². The number of nitrogens with two attached hydrogens (primary N) is 1. The number of aliphatic hydroxyl groups excluding tert-OH is 1. The van der Waals surface area contributed by atoms with E-state index >= 15 is 0 Å². The number of benzene rings is 2. The number of aliphatic hydroxyl groups is 1. The fourth-order valence-corrected chi connectivity index (χ4v) is 3.61. The molecule has 1 unspecified atom stereocenters. The van der Waals surface area contributed by atoms with Gasteiger partial charge in [-0.2, -0.15) is 13.2 Å². The third-order valence-corrected chi connectivity index (χ3v) is 5.32. The Labute approximate surface area is 194 Å². The largest absolute Gasteiger partial charge is 0.573 e. The lowest BCUT2D eigenvalue weighted by atomic mass is 9.88. The summed E-state index contributed by atoms with van der Waals surface area (Å²) in [7, 11) is 0. The summed E-state index contributed by atoms with van der Waals surface area (Å²) in [6, 6.07) is 9.22. The topological polar surface area (TPSA) is 64.7 Å². The number of halogens is 6. The van der Waals surface area contributed by atoms with Crippen molar-refractivity contribution in [3.05, 3.63) is 59.2 Å². The predicted molar refractivity (Wildman–Crippen MR) is 116 cm³/mol. The van der Waals surface area contributed by atoms with Gasteiger partial charge in [0.25, 0.3) is 0 Å². The maximum absolute atomic E-state index is 13.6.